The number of rotatable bonds is 3. The second-order valence-electron chi connectivity index (χ2n) is 4.97. The number of nitrogens with zero attached hydrogens (tertiary/aromatic N) is 1. The predicted molar refractivity (Wildman–Crippen MR) is 85.6 cm³/mol. The Balaban J connectivity index is 2.25. The molecule has 4 heteroatoms. The van der Waals surface area contributed by atoms with Crippen LogP contribution in [0.2, 0.25) is 0 Å². The molecule has 1 heterocycles. The summed E-state index contributed by atoms with van der Waals surface area (Å²) in [7, 11) is 0. The number of benzene rings is 1. The highest BCUT2D eigenvalue weighted by atomic mass is 79.9. The van der Waals surface area contributed by atoms with E-state index in [1.54, 1.807) is 0 Å². The number of hydrogen-bond donors (Lipinski definition) is 1. The van der Waals surface area contributed by atoms with Crippen LogP contribution in [0.4, 0.5) is 5.69 Å². The number of nitrogens with two attached hydrogens (primary N) is 1. The summed E-state index contributed by atoms with van der Waals surface area (Å²) in [5.74, 6) is 0. The summed E-state index contributed by atoms with van der Waals surface area (Å²) in [5.41, 5.74) is 8.45. The molecule has 1 aliphatic heterocycles. The van der Waals surface area contributed by atoms with E-state index in [9.17, 15) is 0 Å². The highest BCUT2D eigenvalue weighted by Crippen LogP contribution is 2.31. The molecule has 100 valence electrons. The third-order valence-electron chi connectivity index (χ3n) is 3.22. The third kappa shape index (κ3) is 3.43. The van der Waals surface area contributed by atoms with Crippen LogP contribution < -0.4 is 10.6 Å². The van der Waals surface area contributed by atoms with Gasteiger partial charge in [-0.2, -0.15) is 11.8 Å². The Kier molecular flexibility index (Phi) is 4.98. The fraction of sp³-hybridized carbons (Fsp3) is 0.571. The van der Waals surface area contributed by atoms with Crippen molar-refractivity contribution in [3.05, 3.63) is 28.2 Å². The first kappa shape index (κ1) is 14.2. The molecule has 0 spiro atoms. The van der Waals surface area contributed by atoms with Crippen molar-refractivity contribution in [3.8, 4) is 0 Å². The monoisotopic (exact) mass is 328 g/mol. The fourth-order valence-corrected chi connectivity index (χ4v) is 4.33. The van der Waals surface area contributed by atoms with Gasteiger partial charge >= 0.3 is 0 Å². The zero-order chi connectivity index (χ0) is 13.1. The van der Waals surface area contributed by atoms with Gasteiger partial charge < -0.3 is 10.6 Å². The van der Waals surface area contributed by atoms with Gasteiger partial charge in [0.2, 0.25) is 0 Å². The number of anilines is 1. The van der Waals surface area contributed by atoms with Crippen molar-refractivity contribution in [2.75, 3.05) is 24.5 Å². The van der Waals surface area contributed by atoms with Crippen LogP contribution in [0.1, 0.15) is 19.4 Å². The maximum Gasteiger partial charge on any atom is 0.0400 e. The second kappa shape index (κ2) is 6.31. The van der Waals surface area contributed by atoms with E-state index in [0.29, 0.717) is 17.0 Å². The Morgan fingerprint density at radius 3 is 2.61 bits per heavy atom. The summed E-state index contributed by atoms with van der Waals surface area (Å²) in [6.07, 6.45) is 0.946. The van der Waals surface area contributed by atoms with E-state index >= 15 is 0 Å². The lowest BCUT2D eigenvalue weighted by Gasteiger charge is -2.37. The lowest BCUT2D eigenvalue weighted by molar-refractivity contribution is 0.723. The Morgan fingerprint density at radius 2 is 2.00 bits per heavy atom. The standard InChI is InChI=1S/C14H21BrN2S/c1-10-8-17(9-11(2)18-10)14-4-3-13(15)7-12(14)5-6-16/h3-4,7,10-11H,5-6,8-9,16H2,1-2H3. The Labute approximate surface area is 122 Å². The van der Waals surface area contributed by atoms with Crippen molar-refractivity contribution in [3.63, 3.8) is 0 Å². The molecule has 2 unspecified atom stereocenters. The summed E-state index contributed by atoms with van der Waals surface area (Å²) in [6.45, 7) is 7.60. The highest BCUT2D eigenvalue weighted by molar-refractivity contribution is 9.10. The topological polar surface area (TPSA) is 29.3 Å². The average molecular weight is 329 g/mol. The molecule has 1 fully saturated rings. The van der Waals surface area contributed by atoms with Gasteiger partial charge in [0, 0.05) is 33.7 Å². The summed E-state index contributed by atoms with van der Waals surface area (Å²) < 4.78 is 1.14. The van der Waals surface area contributed by atoms with E-state index in [0.717, 1.165) is 24.0 Å². The second-order valence-corrected chi connectivity index (χ2v) is 7.77. The molecule has 2 rings (SSSR count). The van der Waals surface area contributed by atoms with E-state index in [-0.39, 0.29) is 0 Å². The van der Waals surface area contributed by atoms with Gasteiger partial charge in [-0.15, -0.1) is 0 Å². The lowest BCUT2D eigenvalue weighted by atomic mass is 10.1. The highest BCUT2D eigenvalue weighted by Gasteiger charge is 2.23. The van der Waals surface area contributed by atoms with Crippen LogP contribution in [0, 0.1) is 0 Å². The summed E-state index contributed by atoms with van der Waals surface area (Å²) in [6, 6.07) is 6.57. The normalized spacial score (nSPS) is 24.3. The minimum atomic E-state index is 0.697. The zero-order valence-electron chi connectivity index (χ0n) is 11.0. The molecule has 0 radical (unpaired) electrons. The maximum absolute atomic E-state index is 5.73. The quantitative estimate of drug-likeness (QED) is 0.923. The predicted octanol–water partition coefficient (Wildman–Crippen LogP) is 3.28. The molecule has 0 aromatic heterocycles. The average Bonchev–Trinajstić information content (AvgIpc) is 2.28. The van der Waals surface area contributed by atoms with Crippen LogP contribution >= 0.6 is 27.7 Å². The van der Waals surface area contributed by atoms with Gasteiger partial charge in [-0.1, -0.05) is 29.8 Å². The van der Waals surface area contributed by atoms with Gasteiger partial charge in [-0.05, 0) is 36.7 Å². The minimum Gasteiger partial charge on any atom is -0.369 e. The molecule has 2 N–H and O–H groups in total. The summed E-state index contributed by atoms with van der Waals surface area (Å²) in [4.78, 5) is 2.52. The fourth-order valence-electron chi connectivity index (χ4n) is 2.59. The zero-order valence-corrected chi connectivity index (χ0v) is 13.4. The largest absolute Gasteiger partial charge is 0.369 e. The number of thioether (sulfide) groups is 1. The van der Waals surface area contributed by atoms with Crippen molar-refractivity contribution in [2.24, 2.45) is 5.73 Å². The van der Waals surface area contributed by atoms with E-state index in [4.69, 9.17) is 5.73 Å². The van der Waals surface area contributed by atoms with Gasteiger partial charge in [0.15, 0.2) is 0 Å². The first-order valence-electron chi connectivity index (χ1n) is 6.49. The first-order chi connectivity index (χ1) is 8.60. The third-order valence-corrected chi connectivity index (χ3v) is 4.94. The molecule has 0 saturated carbocycles. The van der Waals surface area contributed by atoms with Gasteiger partial charge in [0.05, 0.1) is 0 Å². The van der Waals surface area contributed by atoms with Crippen LogP contribution in [-0.2, 0) is 6.42 Å². The van der Waals surface area contributed by atoms with Gasteiger partial charge in [-0.3, -0.25) is 0 Å². The number of halogens is 1. The molecule has 1 aromatic carbocycles. The molecule has 2 nitrogen and oxygen atoms in total. The van der Waals surface area contributed by atoms with Crippen molar-refractivity contribution >= 4 is 33.4 Å². The van der Waals surface area contributed by atoms with Crippen LogP contribution in [-0.4, -0.2) is 30.1 Å². The maximum atomic E-state index is 5.73. The van der Waals surface area contributed by atoms with Gasteiger partial charge in [0.1, 0.15) is 0 Å². The van der Waals surface area contributed by atoms with Crippen LogP contribution in [0.25, 0.3) is 0 Å². The summed E-state index contributed by atoms with van der Waals surface area (Å²) >= 11 is 5.64. The minimum absolute atomic E-state index is 0.697. The Bertz CT molecular complexity index is 401. The molecule has 0 bridgehead atoms. The SMILES string of the molecule is CC1CN(c2ccc(Br)cc2CCN)CC(C)S1. The lowest BCUT2D eigenvalue weighted by Crippen LogP contribution is -2.40. The van der Waals surface area contributed by atoms with E-state index < -0.39 is 0 Å². The summed E-state index contributed by atoms with van der Waals surface area (Å²) in [5, 5.41) is 1.39. The Morgan fingerprint density at radius 1 is 1.33 bits per heavy atom. The van der Waals surface area contributed by atoms with Crippen molar-refractivity contribution in [1.29, 1.82) is 0 Å². The van der Waals surface area contributed by atoms with Crippen LogP contribution in [0.15, 0.2) is 22.7 Å². The molecule has 0 amide bonds. The Hall–Kier alpha value is -0.190. The molecule has 2 atom stereocenters. The molecular weight excluding hydrogens is 308 g/mol. The molecule has 1 aromatic rings. The van der Waals surface area contributed by atoms with E-state index in [2.05, 4.69) is 64.6 Å². The van der Waals surface area contributed by atoms with Crippen LogP contribution in [0.3, 0.4) is 0 Å². The van der Waals surface area contributed by atoms with E-state index in [1.807, 2.05) is 0 Å². The van der Waals surface area contributed by atoms with Gasteiger partial charge in [-0.25, -0.2) is 0 Å². The number of hydrogen-bond acceptors (Lipinski definition) is 3. The molecule has 0 aliphatic carbocycles. The molecule has 1 aliphatic rings. The molecule has 18 heavy (non-hydrogen) atoms. The van der Waals surface area contributed by atoms with Crippen molar-refractivity contribution < 1.29 is 0 Å². The van der Waals surface area contributed by atoms with Crippen LogP contribution in [0.5, 0.6) is 0 Å². The van der Waals surface area contributed by atoms with Gasteiger partial charge in [0.25, 0.3) is 0 Å². The van der Waals surface area contributed by atoms with Crippen molar-refractivity contribution in [2.45, 2.75) is 30.8 Å². The molecule has 1 saturated heterocycles. The van der Waals surface area contributed by atoms with Crippen molar-refractivity contribution in [1.82, 2.24) is 0 Å². The molecular formula is C14H21BrN2S. The van der Waals surface area contributed by atoms with E-state index in [1.165, 1.54) is 11.3 Å². The smallest absolute Gasteiger partial charge is 0.0400 e. The first-order valence-corrected chi connectivity index (χ1v) is 8.22.